The zero-order valence-corrected chi connectivity index (χ0v) is 7.30. The minimum atomic E-state index is -0.589. The van der Waals surface area contributed by atoms with Crippen LogP contribution >= 0.6 is 0 Å². The number of halogens is 1. The van der Waals surface area contributed by atoms with E-state index < -0.39 is 5.82 Å². The SMILES string of the molecule is N#Cc1c(F)ccc2c1NCCC2=O. The molecule has 14 heavy (non-hydrogen) atoms. The van der Waals surface area contributed by atoms with E-state index in [1.165, 1.54) is 6.07 Å². The number of carbonyl (C=O) groups excluding carboxylic acids is 1. The summed E-state index contributed by atoms with van der Waals surface area (Å²) in [5, 5.41) is 11.6. The van der Waals surface area contributed by atoms with E-state index in [2.05, 4.69) is 5.32 Å². The lowest BCUT2D eigenvalue weighted by Gasteiger charge is -2.17. The van der Waals surface area contributed by atoms with E-state index >= 15 is 0 Å². The molecule has 0 radical (unpaired) electrons. The summed E-state index contributed by atoms with van der Waals surface area (Å²) in [7, 11) is 0. The molecule has 0 saturated heterocycles. The van der Waals surface area contributed by atoms with E-state index in [1.54, 1.807) is 6.07 Å². The normalized spacial score (nSPS) is 14.1. The first kappa shape index (κ1) is 8.70. The number of ketones is 1. The van der Waals surface area contributed by atoms with Crippen molar-refractivity contribution in [3.05, 3.63) is 29.1 Å². The van der Waals surface area contributed by atoms with Gasteiger partial charge in [-0.2, -0.15) is 5.26 Å². The molecular weight excluding hydrogens is 183 g/mol. The summed E-state index contributed by atoms with van der Waals surface area (Å²) < 4.78 is 13.1. The predicted molar refractivity (Wildman–Crippen MR) is 48.6 cm³/mol. The zero-order valence-electron chi connectivity index (χ0n) is 7.30. The number of nitriles is 1. The summed E-state index contributed by atoms with van der Waals surface area (Å²) in [4.78, 5) is 11.4. The van der Waals surface area contributed by atoms with Crippen molar-refractivity contribution >= 4 is 11.5 Å². The molecule has 0 atom stereocenters. The Balaban J connectivity index is 2.69. The minimum Gasteiger partial charge on any atom is -0.383 e. The summed E-state index contributed by atoms with van der Waals surface area (Å²) in [5.41, 5.74) is 0.675. The van der Waals surface area contributed by atoms with Gasteiger partial charge >= 0.3 is 0 Å². The summed E-state index contributed by atoms with van der Waals surface area (Å²) in [6.07, 6.45) is 0.392. The van der Waals surface area contributed by atoms with Crippen molar-refractivity contribution in [3.8, 4) is 6.07 Å². The van der Waals surface area contributed by atoms with Crippen LogP contribution in [-0.2, 0) is 0 Å². The van der Waals surface area contributed by atoms with Crippen molar-refractivity contribution in [2.75, 3.05) is 11.9 Å². The Kier molecular flexibility index (Phi) is 1.93. The summed E-state index contributed by atoms with van der Waals surface area (Å²) in [6, 6.07) is 4.33. The fourth-order valence-corrected chi connectivity index (χ4v) is 1.54. The van der Waals surface area contributed by atoms with E-state index in [4.69, 9.17) is 5.26 Å². The first-order valence-electron chi connectivity index (χ1n) is 4.23. The third-order valence-corrected chi connectivity index (χ3v) is 2.22. The van der Waals surface area contributed by atoms with Crippen LogP contribution in [0.3, 0.4) is 0 Å². The molecule has 1 aliphatic heterocycles. The molecule has 1 aliphatic rings. The lowest BCUT2D eigenvalue weighted by atomic mass is 9.98. The van der Waals surface area contributed by atoms with Crippen LogP contribution in [0.15, 0.2) is 12.1 Å². The molecule has 0 fully saturated rings. The maximum absolute atomic E-state index is 13.1. The summed E-state index contributed by atoms with van der Waals surface area (Å²) >= 11 is 0. The number of hydrogen-bond acceptors (Lipinski definition) is 3. The highest BCUT2D eigenvalue weighted by Crippen LogP contribution is 2.27. The average molecular weight is 190 g/mol. The van der Waals surface area contributed by atoms with Gasteiger partial charge in [0.1, 0.15) is 17.4 Å². The molecular formula is C10H7FN2O. The Labute approximate surface area is 80.2 Å². The molecule has 3 nitrogen and oxygen atoms in total. The maximum Gasteiger partial charge on any atom is 0.166 e. The minimum absolute atomic E-state index is 0.0461. The fourth-order valence-electron chi connectivity index (χ4n) is 1.54. The number of anilines is 1. The lowest BCUT2D eigenvalue weighted by molar-refractivity contribution is 0.0983. The first-order chi connectivity index (χ1) is 6.74. The van der Waals surface area contributed by atoms with Gasteiger partial charge in [0.15, 0.2) is 5.78 Å². The van der Waals surface area contributed by atoms with Gasteiger partial charge in [-0.15, -0.1) is 0 Å². The number of nitrogens with zero attached hydrogens (tertiary/aromatic N) is 1. The van der Waals surface area contributed by atoms with Gasteiger partial charge < -0.3 is 5.32 Å². The quantitative estimate of drug-likeness (QED) is 0.677. The molecule has 0 spiro atoms. The van der Waals surface area contributed by atoms with Gasteiger partial charge in [-0.25, -0.2) is 4.39 Å². The van der Waals surface area contributed by atoms with Crippen molar-refractivity contribution in [1.29, 1.82) is 5.26 Å². The van der Waals surface area contributed by atoms with Gasteiger partial charge in [0, 0.05) is 18.5 Å². The third kappa shape index (κ3) is 1.14. The molecule has 0 aromatic heterocycles. The highest BCUT2D eigenvalue weighted by molar-refractivity contribution is 6.04. The van der Waals surface area contributed by atoms with Gasteiger partial charge in [-0.1, -0.05) is 0 Å². The molecule has 70 valence electrons. The van der Waals surface area contributed by atoms with E-state index in [9.17, 15) is 9.18 Å². The molecule has 0 bridgehead atoms. The van der Waals surface area contributed by atoms with Crippen molar-refractivity contribution in [1.82, 2.24) is 0 Å². The van der Waals surface area contributed by atoms with Crippen LogP contribution < -0.4 is 5.32 Å². The van der Waals surface area contributed by atoms with E-state index in [-0.39, 0.29) is 11.3 Å². The Morgan fingerprint density at radius 2 is 2.29 bits per heavy atom. The number of rotatable bonds is 0. The van der Waals surface area contributed by atoms with Crippen LogP contribution in [0.5, 0.6) is 0 Å². The Bertz CT molecular complexity index is 448. The first-order valence-corrected chi connectivity index (χ1v) is 4.23. The van der Waals surface area contributed by atoms with Gasteiger partial charge in [0.05, 0.1) is 5.69 Å². The molecule has 1 heterocycles. The van der Waals surface area contributed by atoms with Gasteiger partial charge in [0.25, 0.3) is 0 Å². The molecule has 1 aromatic rings. The largest absolute Gasteiger partial charge is 0.383 e. The number of nitrogens with one attached hydrogen (secondary N) is 1. The molecule has 0 unspecified atom stereocenters. The molecule has 1 N–H and O–H groups in total. The van der Waals surface area contributed by atoms with E-state index in [1.807, 2.05) is 0 Å². The molecule has 0 amide bonds. The molecule has 2 rings (SSSR count). The standard InChI is InChI=1S/C10H7FN2O/c11-8-2-1-6-9(14)3-4-13-10(6)7(8)5-12/h1-2,13H,3-4H2. The topological polar surface area (TPSA) is 52.9 Å². The zero-order chi connectivity index (χ0) is 10.1. The highest BCUT2D eigenvalue weighted by Gasteiger charge is 2.21. The van der Waals surface area contributed by atoms with Crippen molar-refractivity contribution in [2.24, 2.45) is 0 Å². The molecule has 0 saturated carbocycles. The lowest BCUT2D eigenvalue weighted by Crippen LogP contribution is -2.19. The number of hydrogen-bond donors (Lipinski definition) is 1. The average Bonchev–Trinajstić information content (AvgIpc) is 2.18. The fraction of sp³-hybridized carbons (Fsp3) is 0.200. The van der Waals surface area contributed by atoms with Crippen molar-refractivity contribution in [3.63, 3.8) is 0 Å². The number of Topliss-reactive ketones (excluding diaryl/α,β-unsaturated/α-hetero) is 1. The number of carbonyl (C=O) groups is 1. The molecule has 0 aliphatic carbocycles. The molecule has 1 aromatic carbocycles. The third-order valence-electron chi connectivity index (χ3n) is 2.22. The van der Waals surface area contributed by atoms with Gasteiger partial charge in [0.2, 0.25) is 0 Å². The van der Waals surface area contributed by atoms with E-state index in [0.717, 1.165) is 6.07 Å². The van der Waals surface area contributed by atoms with Crippen LogP contribution in [0.4, 0.5) is 10.1 Å². The van der Waals surface area contributed by atoms with Gasteiger partial charge in [-0.05, 0) is 12.1 Å². The van der Waals surface area contributed by atoms with Crippen LogP contribution in [0.1, 0.15) is 22.3 Å². The highest BCUT2D eigenvalue weighted by atomic mass is 19.1. The van der Waals surface area contributed by atoms with E-state index in [0.29, 0.717) is 24.2 Å². The van der Waals surface area contributed by atoms with Crippen LogP contribution in [-0.4, -0.2) is 12.3 Å². The monoisotopic (exact) mass is 190 g/mol. The van der Waals surface area contributed by atoms with Crippen molar-refractivity contribution < 1.29 is 9.18 Å². The second kappa shape index (κ2) is 3.11. The Morgan fingerprint density at radius 1 is 1.50 bits per heavy atom. The van der Waals surface area contributed by atoms with Crippen LogP contribution in [0.25, 0.3) is 0 Å². The van der Waals surface area contributed by atoms with Crippen LogP contribution in [0, 0.1) is 17.1 Å². The Hall–Kier alpha value is -1.89. The molecule has 4 heteroatoms. The smallest absolute Gasteiger partial charge is 0.166 e. The second-order valence-electron chi connectivity index (χ2n) is 3.06. The second-order valence-corrected chi connectivity index (χ2v) is 3.06. The summed E-state index contributed by atoms with van der Waals surface area (Å²) in [5.74, 6) is -0.635. The maximum atomic E-state index is 13.1. The number of fused-ring (bicyclic) bond motifs is 1. The van der Waals surface area contributed by atoms with Gasteiger partial charge in [-0.3, -0.25) is 4.79 Å². The Morgan fingerprint density at radius 3 is 3.00 bits per heavy atom. The predicted octanol–water partition coefficient (Wildman–Crippen LogP) is 1.70. The number of benzene rings is 1. The summed E-state index contributed by atoms with van der Waals surface area (Å²) in [6.45, 7) is 0.462. The van der Waals surface area contributed by atoms with Crippen molar-refractivity contribution in [2.45, 2.75) is 6.42 Å². The van der Waals surface area contributed by atoms with Crippen LogP contribution in [0.2, 0.25) is 0 Å².